The molecule has 122 valence electrons. The van der Waals surface area contributed by atoms with Crippen LogP contribution in [-0.4, -0.2) is 4.98 Å². The van der Waals surface area contributed by atoms with E-state index in [-0.39, 0.29) is 5.92 Å². The summed E-state index contributed by atoms with van der Waals surface area (Å²) < 4.78 is 5.91. The van der Waals surface area contributed by atoms with E-state index in [9.17, 15) is 0 Å². The van der Waals surface area contributed by atoms with Crippen molar-refractivity contribution in [3.63, 3.8) is 0 Å². The number of hydrogen-bond acceptors (Lipinski definition) is 2. The number of fused-ring (bicyclic) bond motifs is 1. The fraction of sp³-hybridized carbons (Fsp3) is 0.0870. The lowest BCUT2D eigenvalue weighted by molar-refractivity contribution is 0.631. The molecule has 1 unspecified atom stereocenters. The highest BCUT2D eigenvalue weighted by Crippen LogP contribution is 2.28. The van der Waals surface area contributed by atoms with Gasteiger partial charge in [0.15, 0.2) is 0 Å². The molecule has 0 saturated carbocycles. The average Bonchev–Trinajstić information content (AvgIpc) is 3.11. The number of furan rings is 1. The van der Waals surface area contributed by atoms with E-state index in [1.807, 2.05) is 42.6 Å². The van der Waals surface area contributed by atoms with Crippen molar-refractivity contribution < 1.29 is 4.42 Å². The largest absolute Gasteiger partial charge is 0.456 e. The van der Waals surface area contributed by atoms with Crippen LogP contribution in [0.3, 0.4) is 0 Å². The van der Waals surface area contributed by atoms with E-state index in [0.717, 1.165) is 28.0 Å². The monoisotopic (exact) mass is 325 g/mol. The van der Waals surface area contributed by atoms with Crippen LogP contribution in [0.1, 0.15) is 24.1 Å². The number of rotatable bonds is 4. The zero-order chi connectivity index (χ0) is 17.1. The van der Waals surface area contributed by atoms with Crippen molar-refractivity contribution in [3.8, 4) is 11.3 Å². The van der Waals surface area contributed by atoms with E-state index in [1.165, 1.54) is 5.56 Å². The van der Waals surface area contributed by atoms with Gasteiger partial charge in [0.05, 0.1) is 0 Å². The molecule has 0 radical (unpaired) electrons. The lowest BCUT2D eigenvalue weighted by atomic mass is 10.0. The fourth-order valence-electron chi connectivity index (χ4n) is 2.86. The Balaban J connectivity index is 1.54. The maximum absolute atomic E-state index is 5.91. The predicted octanol–water partition coefficient (Wildman–Crippen LogP) is 6.31. The van der Waals surface area contributed by atoms with Crippen LogP contribution in [0.4, 0.5) is 0 Å². The first-order valence-corrected chi connectivity index (χ1v) is 8.48. The summed E-state index contributed by atoms with van der Waals surface area (Å²) in [6.45, 7) is 2.16. The minimum absolute atomic E-state index is 0.255. The zero-order valence-corrected chi connectivity index (χ0v) is 14.1. The molecule has 0 aliphatic rings. The Bertz CT molecular complexity index is 964. The van der Waals surface area contributed by atoms with Crippen molar-refractivity contribution in [1.82, 2.24) is 4.98 Å². The maximum atomic E-state index is 5.91. The zero-order valence-electron chi connectivity index (χ0n) is 14.1. The van der Waals surface area contributed by atoms with Crippen LogP contribution in [0.25, 0.3) is 28.4 Å². The summed E-state index contributed by atoms with van der Waals surface area (Å²) in [5.41, 5.74) is 4.15. The Morgan fingerprint density at radius 3 is 2.48 bits per heavy atom. The summed E-state index contributed by atoms with van der Waals surface area (Å²) in [6.07, 6.45) is 6.21. The SMILES string of the molecule is CC(C=Cc1ccccc1)c1ccc(-c2cc3ccccc3o2)cn1. The van der Waals surface area contributed by atoms with E-state index in [2.05, 4.69) is 60.5 Å². The molecule has 25 heavy (non-hydrogen) atoms. The standard InChI is InChI=1S/C23H19NO/c1-17(11-12-18-7-3-2-4-8-18)21-14-13-20(16-24-21)23-15-19-9-5-6-10-22(19)25-23/h2-17H,1H3. The van der Waals surface area contributed by atoms with E-state index in [4.69, 9.17) is 4.42 Å². The van der Waals surface area contributed by atoms with Crippen LogP contribution in [0.2, 0.25) is 0 Å². The molecule has 4 rings (SSSR count). The summed E-state index contributed by atoms with van der Waals surface area (Å²) >= 11 is 0. The second kappa shape index (κ2) is 6.78. The average molecular weight is 325 g/mol. The molecule has 2 aromatic heterocycles. The Morgan fingerprint density at radius 2 is 1.72 bits per heavy atom. The van der Waals surface area contributed by atoms with Crippen molar-refractivity contribution in [2.24, 2.45) is 0 Å². The third-order valence-corrected chi connectivity index (χ3v) is 4.34. The molecule has 0 aliphatic carbocycles. The quantitative estimate of drug-likeness (QED) is 0.439. The van der Waals surface area contributed by atoms with Gasteiger partial charge in [0.25, 0.3) is 0 Å². The molecule has 2 heterocycles. The molecule has 0 aliphatic heterocycles. The summed E-state index contributed by atoms with van der Waals surface area (Å²) in [5, 5.41) is 1.11. The molecule has 4 aromatic rings. The topological polar surface area (TPSA) is 26.0 Å². The first-order chi connectivity index (χ1) is 12.3. The number of benzene rings is 2. The summed E-state index contributed by atoms with van der Waals surface area (Å²) in [4.78, 5) is 4.63. The third-order valence-electron chi connectivity index (χ3n) is 4.34. The lowest BCUT2D eigenvalue weighted by Gasteiger charge is -2.06. The van der Waals surface area contributed by atoms with Gasteiger partial charge in [-0.3, -0.25) is 4.98 Å². The lowest BCUT2D eigenvalue weighted by Crippen LogP contribution is -1.93. The summed E-state index contributed by atoms with van der Waals surface area (Å²) in [5.74, 6) is 1.11. The van der Waals surface area contributed by atoms with Crippen molar-refractivity contribution in [3.05, 3.63) is 96.3 Å². The van der Waals surface area contributed by atoms with Crippen LogP contribution >= 0.6 is 0 Å². The molecular formula is C23H19NO. The van der Waals surface area contributed by atoms with Gasteiger partial charge in [0.2, 0.25) is 0 Å². The molecule has 0 spiro atoms. The molecule has 1 atom stereocenters. The number of pyridine rings is 1. The van der Waals surface area contributed by atoms with E-state index in [0.29, 0.717) is 0 Å². The van der Waals surface area contributed by atoms with E-state index >= 15 is 0 Å². The number of hydrogen-bond donors (Lipinski definition) is 0. The van der Waals surface area contributed by atoms with Crippen LogP contribution in [0, 0.1) is 0 Å². The fourth-order valence-corrected chi connectivity index (χ4v) is 2.86. The van der Waals surface area contributed by atoms with Crippen LogP contribution < -0.4 is 0 Å². The highest BCUT2D eigenvalue weighted by Gasteiger charge is 2.08. The van der Waals surface area contributed by atoms with Gasteiger partial charge in [-0.15, -0.1) is 0 Å². The molecule has 0 fully saturated rings. The molecule has 2 aromatic carbocycles. The van der Waals surface area contributed by atoms with Crippen molar-refractivity contribution in [2.45, 2.75) is 12.8 Å². The molecular weight excluding hydrogens is 306 g/mol. The van der Waals surface area contributed by atoms with Gasteiger partial charge in [-0.2, -0.15) is 0 Å². The predicted molar refractivity (Wildman–Crippen MR) is 103 cm³/mol. The Labute approximate surface area is 147 Å². The van der Waals surface area contributed by atoms with Gasteiger partial charge in [-0.1, -0.05) is 67.6 Å². The van der Waals surface area contributed by atoms with Gasteiger partial charge in [0, 0.05) is 28.8 Å². The van der Waals surface area contributed by atoms with Crippen LogP contribution in [-0.2, 0) is 0 Å². The second-order valence-electron chi connectivity index (χ2n) is 6.18. The number of allylic oxidation sites excluding steroid dienone is 1. The number of para-hydroxylation sites is 1. The van der Waals surface area contributed by atoms with Gasteiger partial charge >= 0.3 is 0 Å². The van der Waals surface area contributed by atoms with E-state index < -0.39 is 0 Å². The second-order valence-corrected chi connectivity index (χ2v) is 6.18. The Morgan fingerprint density at radius 1 is 0.920 bits per heavy atom. The first-order valence-electron chi connectivity index (χ1n) is 8.48. The molecule has 0 saturated heterocycles. The van der Waals surface area contributed by atoms with Crippen LogP contribution in [0.5, 0.6) is 0 Å². The molecule has 0 bridgehead atoms. The van der Waals surface area contributed by atoms with Gasteiger partial charge in [0.1, 0.15) is 11.3 Å². The first kappa shape index (κ1) is 15.4. The Hall–Kier alpha value is -3.13. The third kappa shape index (κ3) is 3.38. The number of aromatic nitrogens is 1. The van der Waals surface area contributed by atoms with Crippen molar-refractivity contribution >= 4 is 17.0 Å². The van der Waals surface area contributed by atoms with E-state index in [1.54, 1.807) is 0 Å². The summed E-state index contributed by atoms with van der Waals surface area (Å²) in [6, 6.07) is 24.6. The van der Waals surface area contributed by atoms with Gasteiger partial charge < -0.3 is 4.42 Å². The van der Waals surface area contributed by atoms with Gasteiger partial charge in [-0.05, 0) is 29.8 Å². The maximum Gasteiger partial charge on any atom is 0.136 e. The molecule has 0 amide bonds. The van der Waals surface area contributed by atoms with Crippen LogP contribution in [0.15, 0.2) is 89.5 Å². The smallest absolute Gasteiger partial charge is 0.136 e. The van der Waals surface area contributed by atoms with Crippen molar-refractivity contribution in [2.75, 3.05) is 0 Å². The van der Waals surface area contributed by atoms with Gasteiger partial charge in [-0.25, -0.2) is 0 Å². The molecule has 2 heteroatoms. The molecule has 0 N–H and O–H groups in total. The minimum Gasteiger partial charge on any atom is -0.456 e. The minimum atomic E-state index is 0.255. The highest BCUT2D eigenvalue weighted by molar-refractivity contribution is 5.82. The Kier molecular flexibility index (Phi) is 4.17. The number of nitrogens with zero attached hydrogens (tertiary/aromatic N) is 1. The highest BCUT2D eigenvalue weighted by atomic mass is 16.3. The molecule has 2 nitrogen and oxygen atoms in total. The normalized spacial score (nSPS) is 12.7. The van der Waals surface area contributed by atoms with Crippen molar-refractivity contribution in [1.29, 1.82) is 0 Å². The summed E-state index contributed by atoms with van der Waals surface area (Å²) in [7, 11) is 0.